The normalized spacial score (nSPS) is 11.8. The first-order chi connectivity index (χ1) is 13.9. The highest BCUT2D eigenvalue weighted by atomic mass is 32.2. The van der Waals surface area contributed by atoms with Crippen LogP contribution in [0.4, 0.5) is 0 Å². The first kappa shape index (κ1) is 20.9. The third-order valence-corrected chi connectivity index (χ3v) is 5.67. The van der Waals surface area contributed by atoms with Crippen LogP contribution < -0.4 is 15.6 Å². The topological polar surface area (TPSA) is 74.0 Å². The summed E-state index contributed by atoms with van der Waals surface area (Å²) < 4.78 is 3.41. The van der Waals surface area contributed by atoms with E-state index in [9.17, 15) is 9.59 Å². The van der Waals surface area contributed by atoms with Crippen molar-refractivity contribution in [2.45, 2.75) is 38.3 Å². The Morgan fingerprint density at radius 2 is 1.76 bits per heavy atom. The quantitative estimate of drug-likeness (QED) is 0.511. The molecule has 150 valence electrons. The Balaban J connectivity index is 1.58. The number of nitrogens with one attached hydrogen (secondary N) is 3. The van der Waals surface area contributed by atoms with E-state index in [0.29, 0.717) is 11.1 Å². The van der Waals surface area contributed by atoms with Gasteiger partial charge < -0.3 is 10.3 Å². The molecule has 0 aliphatic heterocycles. The van der Waals surface area contributed by atoms with Crippen LogP contribution in [0.2, 0.25) is 0 Å². The van der Waals surface area contributed by atoms with Crippen molar-refractivity contribution in [3.05, 3.63) is 99.0 Å². The number of aromatic nitrogens is 1. The molecule has 1 aromatic heterocycles. The molecule has 5 nitrogen and oxygen atoms in total. The molecule has 0 bridgehead atoms. The molecular weight excluding hydrogens is 382 g/mol. The third kappa shape index (κ3) is 5.59. The smallest absolute Gasteiger partial charge is 0.253 e. The van der Waals surface area contributed by atoms with Gasteiger partial charge in [-0.05, 0) is 74.2 Å². The minimum atomic E-state index is -0.199. The molecule has 0 aliphatic carbocycles. The highest BCUT2D eigenvalue weighted by Crippen LogP contribution is 2.21. The summed E-state index contributed by atoms with van der Waals surface area (Å²) in [6.45, 7) is 6.00. The predicted molar refractivity (Wildman–Crippen MR) is 118 cm³/mol. The van der Waals surface area contributed by atoms with Crippen molar-refractivity contribution in [1.29, 1.82) is 0 Å². The van der Waals surface area contributed by atoms with Crippen LogP contribution in [0.3, 0.4) is 0 Å². The first-order valence-corrected chi connectivity index (χ1v) is 10.3. The molecule has 3 aromatic rings. The van der Waals surface area contributed by atoms with Gasteiger partial charge >= 0.3 is 0 Å². The van der Waals surface area contributed by atoms with Gasteiger partial charge in [-0.15, -0.1) is 0 Å². The molecule has 0 spiro atoms. The van der Waals surface area contributed by atoms with Crippen molar-refractivity contribution >= 4 is 17.9 Å². The molecule has 1 heterocycles. The number of rotatable bonds is 7. The van der Waals surface area contributed by atoms with Gasteiger partial charge in [-0.1, -0.05) is 30.3 Å². The van der Waals surface area contributed by atoms with Crippen LogP contribution in [0.5, 0.6) is 0 Å². The van der Waals surface area contributed by atoms with Crippen molar-refractivity contribution in [2.75, 3.05) is 0 Å². The highest BCUT2D eigenvalue weighted by molar-refractivity contribution is 7.97. The first-order valence-electron chi connectivity index (χ1n) is 9.49. The standard InChI is InChI=1S/C23H25N3O2S/c1-15-13-16(2)25-23(28)21(15)14-24-22(27)19-11-9-18(10-12-19)17(3)26-29-20-7-5-4-6-8-20/h4-13,17,26H,14H2,1-3H3,(H,24,27)(H,25,28). The number of benzene rings is 2. The number of carbonyl (C=O) groups is 1. The molecular formula is C23H25N3O2S. The van der Waals surface area contributed by atoms with E-state index in [0.717, 1.165) is 21.7 Å². The largest absolute Gasteiger partial charge is 0.348 e. The number of aromatic amines is 1. The van der Waals surface area contributed by atoms with E-state index in [1.807, 2.05) is 62.4 Å². The number of hydrogen-bond acceptors (Lipinski definition) is 4. The van der Waals surface area contributed by atoms with E-state index in [1.165, 1.54) is 0 Å². The molecule has 0 saturated heterocycles. The second-order valence-corrected chi connectivity index (χ2v) is 7.91. The van der Waals surface area contributed by atoms with Crippen molar-refractivity contribution in [2.24, 2.45) is 0 Å². The molecule has 0 saturated carbocycles. The Labute approximate surface area is 175 Å². The summed E-state index contributed by atoms with van der Waals surface area (Å²) in [4.78, 5) is 28.5. The lowest BCUT2D eigenvalue weighted by atomic mass is 10.1. The van der Waals surface area contributed by atoms with E-state index in [1.54, 1.807) is 11.9 Å². The summed E-state index contributed by atoms with van der Waals surface area (Å²) in [6.07, 6.45) is 0. The molecule has 1 atom stereocenters. The van der Waals surface area contributed by atoms with Crippen LogP contribution in [-0.4, -0.2) is 10.9 Å². The maximum Gasteiger partial charge on any atom is 0.253 e. The number of pyridine rings is 1. The van der Waals surface area contributed by atoms with Gasteiger partial charge in [0.15, 0.2) is 0 Å². The van der Waals surface area contributed by atoms with Crippen molar-refractivity contribution < 1.29 is 4.79 Å². The van der Waals surface area contributed by atoms with Gasteiger partial charge in [0, 0.05) is 34.3 Å². The van der Waals surface area contributed by atoms with Crippen molar-refractivity contribution in [1.82, 2.24) is 15.0 Å². The average molecular weight is 408 g/mol. The third-order valence-electron chi connectivity index (χ3n) is 4.69. The summed E-state index contributed by atoms with van der Waals surface area (Å²) in [5.41, 5.74) is 3.77. The Morgan fingerprint density at radius 3 is 2.41 bits per heavy atom. The molecule has 0 radical (unpaired) electrons. The van der Waals surface area contributed by atoms with Crippen LogP contribution in [0.1, 0.15) is 45.7 Å². The van der Waals surface area contributed by atoms with Crippen LogP contribution in [-0.2, 0) is 6.54 Å². The van der Waals surface area contributed by atoms with Crippen LogP contribution in [0.25, 0.3) is 0 Å². The second kappa shape index (κ2) is 9.58. The van der Waals surface area contributed by atoms with Crippen molar-refractivity contribution in [3.63, 3.8) is 0 Å². The molecule has 2 aromatic carbocycles. The maximum absolute atomic E-state index is 12.5. The number of amides is 1. The lowest BCUT2D eigenvalue weighted by Gasteiger charge is -2.14. The van der Waals surface area contributed by atoms with Crippen LogP contribution >= 0.6 is 11.9 Å². The molecule has 0 fully saturated rings. The fourth-order valence-corrected chi connectivity index (χ4v) is 3.75. The Bertz CT molecular complexity index is 1030. The lowest BCUT2D eigenvalue weighted by Crippen LogP contribution is -2.28. The molecule has 6 heteroatoms. The summed E-state index contributed by atoms with van der Waals surface area (Å²) in [5.74, 6) is -0.199. The summed E-state index contributed by atoms with van der Waals surface area (Å²) in [5, 5.41) is 2.83. The summed E-state index contributed by atoms with van der Waals surface area (Å²) >= 11 is 1.58. The summed E-state index contributed by atoms with van der Waals surface area (Å²) in [6, 6.07) is 19.7. The Hall–Kier alpha value is -2.83. The average Bonchev–Trinajstić information content (AvgIpc) is 2.72. The summed E-state index contributed by atoms with van der Waals surface area (Å²) in [7, 11) is 0. The number of H-pyrrole nitrogens is 1. The van der Waals surface area contributed by atoms with Gasteiger partial charge in [0.2, 0.25) is 0 Å². The Kier molecular flexibility index (Phi) is 6.90. The molecule has 0 aliphatic rings. The van der Waals surface area contributed by atoms with E-state index in [4.69, 9.17) is 0 Å². The molecule has 3 rings (SSSR count). The maximum atomic E-state index is 12.5. The minimum Gasteiger partial charge on any atom is -0.348 e. The lowest BCUT2D eigenvalue weighted by molar-refractivity contribution is 0.0950. The second-order valence-electron chi connectivity index (χ2n) is 7.00. The van der Waals surface area contributed by atoms with E-state index in [2.05, 4.69) is 34.1 Å². The van der Waals surface area contributed by atoms with Crippen LogP contribution in [0, 0.1) is 13.8 Å². The SMILES string of the molecule is Cc1cc(C)c(CNC(=O)c2ccc(C(C)NSc3ccccc3)cc2)c(=O)[nH]1. The van der Waals surface area contributed by atoms with Crippen molar-refractivity contribution in [3.8, 4) is 0 Å². The van der Waals surface area contributed by atoms with E-state index in [-0.39, 0.29) is 24.1 Å². The molecule has 1 amide bonds. The van der Waals surface area contributed by atoms with Gasteiger partial charge in [-0.25, -0.2) is 0 Å². The van der Waals surface area contributed by atoms with Gasteiger partial charge in [0.25, 0.3) is 11.5 Å². The van der Waals surface area contributed by atoms with Gasteiger partial charge in [-0.3, -0.25) is 14.3 Å². The highest BCUT2D eigenvalue weighted by Gasteiger charge is 2.11. The fourth-order valence-electron chi connectivity index (χ4n) is 3.01. The van der Waals surface area contributed by atoms with Crippen LogP contribution in [0.15, 0.2) is 70.4 Å². The minimum absolute atomic E-state index is 0.131. The van der Waals surface area contributed by atoms with Gasteiger partial charge in [-0.2, -0.15) is 0 Å². The molecule has 3 N–H and O–H groups in total. The van der Waals surface area contributed by atoms with E-state index >= 15 is 0 Å². The zero-order valence-corrected chi connectivity index (χ0v) is 17.6. The predicted octanol–water partition coefficient (Wildman–Crippen LogP) is 4.28. The zero-order chi connectivity index (χ0) is 20.8. The number of aryl methyl sites for hydroxylation is 2. The zero-order valence-electron chi connectivity index (χ0n) is 16.8. The Morgan fingerprint density at radius 1 is 1.07 bits per heavy atom. The van der Waals surface area contributed by atoms with Gasteiger partial charge in [0.05, 0.1) is 0 Å². The molecule has 1 unspecified atom stereocenters. The number of carbonyl (C=O) groups excluding carboxylic acids is 1. The molecule has 29 heavy (non-hydrogen) atoms. The monoisotopic (exact) mass is 407 g/mol. The number of hydrogen-bond donors (Lipinski definition) is 3. The van der Waals surface area contributed by atoms with Gasteiger partial charge in [0.1, 0.15) is 0 Å². The van der Waals surface area contributed by atoms with E-state index < -0.39 is 0 Å². The fraction of sp³-hybridized carbons (Fsp3) is 0.217.